The Hall–Kier alpha value is -1.13. The van der Waals surface area contributed by atoms with Crippen LogP contribution < -0.4 is 4.90 Å². The third-order valence-corrected chi connectivity index (χ3v) is 3.78. The number of aliphatic hydroxyl groups is 1. The van der Waals surface area contributed by atoms with E-state index < -0.39 is 0 Å². The van der Waals surface area contributed by atoms with Gasteiger partial charge in [-0.05, 0) is 57.6 Å². The third kappa shape index (κ3) is 3.00. The lowest BCUT2D eigenvalue weighted by Crippen LogP contribution is -2.42. The number of piperidine rings is 1. The summed E-state index contributed by atoms with van der Waals surface area (Å²) in [5, 5.41) is 9.26. The zero-order chi connectivity index (χ0) is 13.1. The average molecular weight is 249 g/mol. The molecule has 2 rings (SSSR count). The molecule has 1 aromatic heterocycles. The van der Waals surface area contributed by atoms with Crippen LogP contribution in [0.5, 0.6) is 0 Å². The summed E-state index contributed by atoms with van der Waals surface area (Å²) in [5.74, 6) is 0.980. The van der Waals surface area contributed by atoms with Gasteiger partial charge < -0.3 is 14.9 Å². The fraction of sp³-hybridized carbons (Fsp3) is 0.643. The first-order valence-electron chi connectivity index (χ1n) is 6.60. The minimum Gasteiger partial charge on any atom is -0.392 e. The van der Waals surface area contributed by atoms with Crippen LogP contribution in [0.4, 0.5) is 5.82 Å². The van der Waals surface area contributed by atoms with Gasteiger partial charge >= 0.3 is 0 Å². The van der Waals surface area contributed by atoms with Crippen LogP contribution in [0, 0.1) is 6.92 Å². The lowest BCUT2D eigenvalue weighted by atomic mass is 10.0. The maximum atomic E-state index is 9.26. The van der Waals surface area contributed by atoms with Crippen LogP contribution in [0.3, 0.4) is 0 Å². The molecule has 1 N–H and O–H groups in total. The second-order valence-corrected chi connectivity index (χ2v) is 5.28. The fourth-order valence-corrected chi connectivity index (χ4v) is 2.56. The average Bonchev–Trinajstić information content (AvgIpc) is 2.38. The molecule has 2 heterocycles. The number of hydrogen-bond donors (Lipinski definition) is 1. The number of likely N-dealkylation sites (tertiary alicyclic amines) is 1. The van der Waals surface area contributed by atoms with E-state index in [9.17, 15) is 5.11 Å². The van der Waals surface area contributed by atoms with E-state index in [2.05, 4.69) is 28.9 Å². The van der Waals surface area contributed by atoms with Gasteiger partial charge in [-0.3, -0.25) is 0 Å². The fourth-order valence-electron chi connectivity index (χ4n) is 2.56. The number of pyridine rings is 1. The normalized spacial score (nSPS) is 18.0. The molecule has 0 spiro atoms. The van der Waals surface area contributed by atoms with Crippen LogP contribution in [-0.4, -0.2) is 48.2 Å². The van der Waals surface area contributed by atoms with Crippen molar-refractivity contribution in [3.05, 3.63) is 23.4 Å². The molecule has 1 saturated heterocycles. The molecular formula is C14H23N3O. The summed E-state index contributed by atoms with van der Waals surface area (Å²) >= 11 is 0. The Morgan fingerprint density at radius 1 is 1.39 bits per heavy atom. The molecule has 4 heteroatoms. The minimum atomic E-state index is 0.0810. The van der Waals surface area contributed by atoms with Crippen molar-refractivity contribution in [2.24, 2.45) is 0 Å². The largest absolute Gasteiger partial charge is 0.392 e. The summed E-state index contributed by atoms with van der Waals surface area (Å²) in [6.07, 6.45) is 2.36. The molecule has 0 aromatic carbocycles. The second kappa shape index (κ2) is 5.67. The zero-order valence-corrected chi connectivity index (χ0v) is 11.6. The number of rotatable bonds is 3. The van der Waals surface area contributed by atoms with E-state index in [0.717, 1.165) is 30.2 Å². The summed E-state index contributed by atoms with van der Waals surface area (Å²) in [6, 6.07) is 4.49. The molecule has 0 aliphatic carbocycles. The summed E-state index contributed by atoms with van der Waals surface area (Å²) in [7, 11) is 4.28. The second-order valence-electron chi connectivity index (χ2n) is 5.28. The SMILES string of the molecule is Cc1cc(CO)cc(N(C)C2CCN(C)CC2)n1. The molecule has 0 atom stereocenters. The van der Waals surface area contributed by atoms with Crippen LogP contribution in [0.25, 0.3) is 0 Å². The maximum absolute atomic E-state index is 9.26. The van der Waals surface area contributed by atoms with E-state index in [1.165, 1.54) is 12.8 Å². The molecule has 18 heavy (non-hydrogen) atoms. The monoisotopic (exact) mass is 249 g/mol. The lowest BCUT2D eigenvalue weighted by Gasteiger charge is -2.36. The van der Waals surface area contributed by atoms with Gasteiger partial charge in [0, 0.05) is 18.8 Å². The molecule has 0 unspecified atom stereocenters. The first kappa shape index (κ1) is 13.3. The Morgan fingerprint density at radius 3 is 2.67 bits per heavy atom. The van der Waals surface area contributed by atoms with E-state index in [1.54, 1.807) is 0 Å². The van der Waals surface area contributed by atoms with E-state index in [1.807, 2.05) is 19.1 Å². The van der Waals surface area contributed by atoms with E-state index in [4.69, 9.17) is 0 Å². The Kier molecular flexibility index (Phi) is 4.19. The van der Waals surface area contributed by atoms with Crippen LogP contribution in [0.15, 0.2) is 12.1 Å². The number of aryl methyl sites for hydroxylation is 1. The van der Waals surface area contributed by atoms with Crippen molar-refractivity contribution in [1.82, 2.24) is 9.88 Å². The van der Waals surface area contributed by atoms with Gasteiger partial charge in [0.2, 0.25) is 0 Å². The smallest absolute Gasteiger partial charge is 0.129 e. The molecule has 1 aromatic rings. The van der Waals surface area contributed by atoms with Crippen molar-refractivity contribution in [2.45, 2.75) is 32.4 Å². The van der Waals surface area contributed by atoms with Gasteiger partial charge in [0.05, 0.1) is 6.61 Å². The van der Waals surface area contributed by atoms with Gasteiger partial charge in [-0.25, -0.2) is 4.98 Å². The Labute approximate surface area is 109 Å². The van der Waals surface area contributed by atoms with Crippen molar-refractivity contribution in [3.63, 3.8) is 0 Å². The highest BCUT2D eigenvalue weighted by atomic mass is 16.3. The number of nitrogens with zero attached hydrogens (tertiary/aromatic N) is 3. The molecule has 0 saturated carbocycles. The standard InChI is InChI=1S/C14H23N3O/c1-11-8-12(10-18)9-14(15-11)17(3)13-4-6-16(2)7-5-13/h8-9,13,18H,4-7,10H2,1-3H3. The van der Waals surface area contributed by atoms with Gasteiger partial charge in [0.1, 0.15) is 5.82 Å². The van der Waals surface area contributed by atoms with E-state index in [-0.39, 0.29) is 6.61 Å². The highest BCUT2D eigenvalue weighted by Crippen LogP contribution is 2.21. The van der Waals surface area contributed by atoms with Crippen LogP contribution >= 0.6 is 0 Å². The molecule has 100 valence electrons. The Bertz CT molecular complexity index is 400. The molecule has 4 nitrogen and oxygen atoms in total. The molecule has 1 aliphatic rings. The third-order valence-electron chi connectivity index (χ3n) is 3.78. The van der Waals surface area contributed by atoms with Crippen molar-refractivity contribution in [1.29, 1.82) is 0 Å². The molecule has 0 radical (unpaired) electrons. The molecule has 1 aliphatic heterocycles. The first-order valence-corrected chi connectivity index (χ1v) is 6.60. The summed E-state index contributed by atoms with van der Waals surface area (Å²) < 4.78 is 0. The number of aromatic nitrogens is 1. The van der Waals surface area contributed by atoms with Crippen molar-refractivity contribution in [3.8, 4) is 0 Å². The predicted octanol–water partition coefficient (Wildman–Crippen LogP) is 1.41. The lowest BCUT2D eigenvalue weighted by molar-refractivity contribution is 0.252. The summed E-state index contributed by atoms with van der Waals surface area (Å²) in [4.78, 5) is 9.21. The quantitative estimate of drug-likeness (QED) is 0.879. The molecule has 1 fully saturated rings. The van der Waals surface area contributed by atoms with E-state index in [0.29, 0.717) is 6.04 Å². The van der Waals surface area contributed by atoms with Crippen LogP contribution in [-0.2, 0) is 6.61 Å². The Morgan fingerprint density at radius 2 is 2.06 bits per heavy atom. The van der Waals surface area contributed by atoms with E-state index >= 15 is 0 Å². The number of aliphatic hydroxyl groups excluding tert-OH is 1. The van der Waals surface area contributed by atoms with Crippen LogP contribution in [0.1, 0.15) is 24.1 Å². The van der Waals surface area contributed by atoms with Crippen LogP contribution in [0.2, 0.25) is 0 Å². The first-order chi connectivity index (χ1) is 8.60. The van der Waals surface area contributed by atoms with Gasteiger partial charge in [0.25, 0.3) is 0 Å². The Balaban J connectivity index is 2.12. The van der Waals surface area contributed by atoms with Gasteiger partial charge in [-0.2, -0.15) is 0 Å². The van der Waals surface area contributed by atoms with Gasteiger partial charge in [0.15, 0.2) is 0 Å². The van der Waals surface area contributed by atoms with Crippen molar-refractivity contribution in [2.75, 3.05) is 32.1 Å². The summed E-state index contributed by atoms with van der Waals surface area (Å²) in [6.45, 7) is 4.35. The number of anilines is 1. The number of hydrogen-bond acceptors (Lipinski definition) is 4. The zero-order valence-electron chi connectivity index (χ0n) is 11.6. The molecular weight excluding hydrogens is 226 g/mol. The van der Waals surface area contributed by atoms with Gasteiger partial charge in [-0.1, -0.05) is 0 Å². The summed E-state index contributed by atoms with van der Waals surface area (Å²) in [5.41, 5.74) is 1.91. The predicted molar refractivity (Wildman–Crippen MR) is 73.8 cm³/mol. The highest BCUT2D eigenvalue weighted by molar-refractivity contribution is 5.43. The van der Waals surface area contributed by atoms with Crippen molar-refractivity contribution < 1.29 is 5.11 Å². The van der Waals surface area contributed by atoms with Crippen molar-refractivity contribution >= 4 is 5.82 Å². The van der Waals surface area contributed by atoms with Gasteiger partial charge in [-0.15, -0.1) is 0 Å². The highest BCUT2D eigenvalue weighted by Gasteiger charge is 2.21. The molecule has 0 bridgehead atoms. The maximum Gasteiger partial charge on any atom is 0.129 e. The molecule has 0 amide bonds. The topological polar surface area (TPSA) is 39.6 Å². The minimum absolute atomic E-state index is 0.0810.